The Labute approximate surface area is 90.6 Å². The van der Waals surface area contributed by atoms with Gasteiger partial charge in [0.15, 0.2) is 0 Å². The van der Waals surface area contributed by atoms with Crippen LogP contribution in [0, 0.1) is 0 Å². The van der Waals surface area contributed by atoms with Gasteiger partial charge in [-0.2, -0.15) is 0 Å². The van der Waals surface area contributed by atoms with Crippen LogP contribution >= 0.6 is 15.9 Å². The molecule has 74 valence electrons. The third-order valence-corrected chi connectivity index (χ3v) is 2.72. The maximum atomic E-state index is 10.8. The van der Waals surface area contributed by atoms with E-state index in [4.69, 9.17) is 4.74 Å². The Morgan fingerprint density at radius 3 is 3.00 bits per heavy atom. The second-order valence-corrected chi connectivity index (χ2v) is 4.15. The molecule has 1 aromatic rings. The first-order valence-corrected chi connectivity index (χ1v) is 5.21. The van der Waals surface area contributed by atoms with E-state index in [1.54, 1.807) is 0 Å². The van der Waals surface area contributed by atoms with Gasteiger partial charge in [-0.15, -0.1) is 0 Å². The van der Waals surface area contributed by atoms with Gasteiger partial charge >= 0.3 is 6.09 Å². The lowest BCUT2D eigenvalue weighted by Gasteiger charge is -2.23. The Bertz CT molecular complexity index is 344. The van der Waals surface area contributed by atoms with Crippen molar-refractivity contribution in [3.63, 3.8) is 0 Å². The predicted molar refractivity (Wildman–Crippen MR) is 56.2 cm³/mol. The van der Waals surface area contributed by atoms with E-state index in [0.717, 1.165) is 4.47 Å². The van der Waals surface area contributed by atoms with Gasteiger partial charge in [0.25, 0.3) is 0 Å². The van der Waals surface area contributed by atoms with Gasteiger partial charge in [0, 0.05) is 16.9 Å². The van der Waals surface area contributed by atoms with Crippen molar-refractivity contribution >= 4 is 22.0 Å². The van der Waals surface area contributed by atoms with Crippen molar-refractivity contribution in [2.45, 2.75) is 5.92 Å². The highest BCUT2D eigenvalue weighted by molar-refractivity contribution is 9.10. The molecule has 3 nitrogen and oxygen atoms in total. The molecule has 4 heteroatoms. The fourth-order valence-corrected chi connectivity index (χ4v) is 1.88. The van der Waals surface area contributed by atoms with Crippen molar-refractivity contribution in [1.82, 2.24) is 5.32 Å². The number of amides is 1. The van der Waals surface area contributed by atoms with Crippen LogP contribution in [-0.2, 0) is 4.74 Å². The van der Waals surface area contributed by atoms with E-state index in [-0.39, 0.29) is 12.0 Å². The van der Waals surface area contributed by atoms with Gasteiger partial charge in [-0.25, -0.2) is 4.79 Å². The Hall–Kier alpha value is -1.03. The lowest BCUT2D eigenvalue weighted by molar-refractivity contribution is 0.120. The van der Waals surface area contributed by atoms with Gasteiger partial charge < -0.3 is 10.1 Å². The third-order valence-electron chi connectivity index (χ3n) is 2.23. The molecule has 0 unspecified atom stereocenters. The van der Waals surface area contributed by atoms with Gasteiger partial charge in [-0.1, -0.05) is 28.1 Å². The van der Waals surface area contributed by atoms with Crippen LogP contribution in [0.15, 0.2) is 28.7 Å². The van der Waals surface area contributed by atoms with Crippen LogP contribution < -0.4 is 5.32 Å². The van der Waals surface area contributed by atoms with E-state index in [0.29, 0.717) is 13.2 Å². The normalized spacial score (nSPS) is 21.2. The average molecular weight is 256 g/mol. The lowest BCUT2D eigenvalue weighted by atomic mass is 9.99. The second-order valence-electron chi connectivity index (χ2n) is 3.23. The van der Waals surface area contributed by atoms with E-state index >= 15 is 0 Å². The van der Waals surface area contributed by atoms with E-state index in [9.17, 15) is 4.79 Å². The standard InChI is InChI=1S/C10H10BrNO2/c11-9-3-1-2-7(4-9)8-5-12-10(13)14-6-8/h1-4,8H,5-6H2,(H,12,13)/t8-/m0/s1. The van der Waals surface area contributed by atoms with Crippen LogP contribution in [0.1, 0.15) is 11.5 Å². The molecular weight excluding hydrogens is 246 g/mol. The quantitative estimate of drug-likeness (QED) is 0.837. The lowest BCUT2D eigenvalue weighted by Crippen LogP contribution is -2.37. The van der Waals surface area contributed by atoms with Gasteiger partial charge in [0.2, 0.25) is 0 Å². The fourth-order valence-electron chi connectivity index (χ4n) is 1.47. The van der Waals surface area contributed by atoms with Gasteiger partial charge in [0.05, 0.1) is 0 Å². The first-order chi connectivity index (χ1) is 6.75. The van der Waals surface area contributed by atoms with E-state index < -0.39 is 0 Å². The molecular formula is C10H10BrNO2. The van der Waals surface area contributed by atoms with Gasteiger partial charge in [-0.05, 0) is 17.7 Å². The van der Waals surface area contributed by atoms with Crippen LogP contribution in [0.5, 0.6) is 0 Å². The summed E-state index contributed by atoms with van der Waals surface area (Å²) in [5, 5.41) is 2.67. The van der Waals surface area contributed by atoms with Crippen molar-refractivity contribution in [1.29, 1.82) is 0 Å². The number of hydrogen-bond donors (Lipinski definition) is 1. The summed E-state index contributed by atoms with van der Waals surface area (Å²) in [4.78, 5) is 10.8. The van der Waals surface area contributed by atoms with Crippen molar-refractivity contribution in [2.75, 3.05) is 13.2 Å². The molecule has 1 saturated heterocycles. The summed E-state index contributed by atoms with van der Waals surface area (Å²) >= 11 is 3.41. The van der Waals surface area contributed by atoms with Crippen LogP contribution in [0.2, 0.25) is 0 Å². The molecule has 1 aliphatic rings. The van der Waals surface area contributed by atoms with Crippen LogP contribution in [0.3, 0.4) is 0 Å². The molecule has 1 aliphatic heterocycles. The molecule has 0 radical (unpaired) electrons. The number of cyclic esters (lactones) is 1. The molecule has 2 rings (SSSR count). The molecule has 1 amide bonds. The highest BCUT2D eigenvalue weighted by Gasteiger charge is 2.20. The first kappa shape index (κ1) is 9.52. The van der Waals surface area contributed by atoms with E-state index in [1.165, 1.54) is 5.56 Å². The summed E-state index contributed by atoms with van der Waals surface area (Å²) in [7, 11) is 0. The van der Waals surface area contributed by atoms with Crippen molar-refractivity contribution in [3.05, 3.63) is 34.3 Å². The number of rotatable bonds is 1. The SMILES string of the molecule is O=C1NC[C@H](c2cccc(Br)c2)CO1. The number of nitrogens with one attached hydrogen (secondary N) is 1. The minimum atomic E-state index is -0.323. The number of hydrogen-bond acceptors (Lipinski definition) is 2. The minimum Gasteiger partial charge on any atom is -0.449 e. The zero-order chi connectivity index (χ0) is 9.97. The van der Waals surface area contributed by atoms with Crippen molar-refractivity contribution in [3.8, 4) is 0 Å². The molecule has 14 heavy (non-hydrogen) atoms. The van der Waals surface area contributed by atoms with Crippen LogP contribution in [-0.4, -0.2) is 19.2 Å². The Morgan fingerprint density at radius 1 is 1.50 bits per heavy atom. The Balaban J connectivity index is 2.12. The third kappa shape index (κ3) is 2.07. The monoisotopic (exact) mass is 255 g/mol. The molecule has 1 N–H and O–H groups in total. The molecule has 0 aliphatic carbocycles. The Morgan fingerprint density at radius 2 is 2.36 bits per heavy atom. The predicted octanol–water partition coefficient (Wildman–Crippen LogP) is 2.27. The summed E-state index contributed by atoms with van der Waals surface area (Å²) in [5.41, 5.74) is 1.18. The largest absolute Gasteiger partial charge is 0.449 e. The maximum Gasteiger partial charge on any atom is 0.407 e. The number of halogens is 1. The first-order valence-electron chi connectivity index (χ1n) is 4.42. The molecule has 1 heterocycles. The number of benzene rings is 1. The zero-order valence-electron chi connectivity index (χ0n) is 7.50. The van der Waals surface area contributed by atoms with Gasteiger partial charge in [-0.3, -0.25) is 0 Å². The number of carbonyl (C=O) groups excluding carboxylic acids is 1. The smallest absolute Gasteiger partial charge is 0.407 e. The molecule has 0 aromatic heterocycles. The summed E-state index contributed by atoms with van der Waals surface area (Å²) in [5.74, 6) is 0.255. The number of ether oxygens (including phenoxy) is 1. The number of carbonyl (C=O) groups is 1. The molecule has 1 atom stereocenters. The highest BCUT2D eigenvalue weighted by Crippen LogP contribution is 2.21. The second kappa shape index (κ2) is 4.00. The van der Waals surface area contributed by atoms with Gasteiger partial charge in [0.1, 0.15) is 6.61 Å². The number of alkyl carbamates (subject to hydrolysis) is 1. The molecule has 0 spiro atoms. The summed E-state index contributed by atoms with van der Waals surface area (Å²) < 4.78 is 5.97. The maximum absolute atomic E-state index is 10.8. The van der Waals surface area contributed by atoms with E-state index in [2.05, 4.69) is 21.2 Å². The molecule has 1 fully saturated rings. The van der Waals surface area contributed by atoms with Crippen molar-refractivity contribution < 1.29 is 9.53 Å². The summed E-state index contributed by atoms with van der Waals surface area (Å²) in [6, 6.07) is 8.05. The highest BCUT2D eigenvalue weighted by atomic mass is 79.9. The molecule has 1 aromatic carbocycles. The minimum absolute atomic E-state index is 0.255. The molecule has 0 bridgehead atoms. The summed E-state index contributed by atoms with van der Waals surface area (Å²) in [6.45, 7) is 1.11. The average Bonchev–Trinajstić information content (AvgIpc) is 2.19. The van der Waals surface area contributed by atoms with E-state index in [1.807, 2.05) is 24.3 Å². The summed E-state index contributed by atoms with van der Waals surface area (Å²) in [6.07, 6.45) is -0.323. The van der Waals surface area contributed by atoms with Crippen molar-refractivity contribution in [2.24, 2.45) is 0 Å². The Kier molecular flexibility index (Phi) is 2.72. The zero-order valence-corrected chi connectivity index (χ0v) is 9.08. The topological polar surface area (TPSA) is 38.3 Å². The molecule has 0 saturated carbocycles. The van der Waals surface area contributed by atoms with Crippen LogP contribution in [0.25, 0.3) is 0 Å². The van der Waals surface area contributed by atoms with Crippen LogP contribution in [0.4, 0.5) is 4.79 Å². The fraction of sp³-hybridized carbons (Fsp3) is 0.300.